The number of carbonyl (C=O) groups is 2. The van der Waals surface area contributed by atoms with E-state index in [-0.39, 0.29) is 23.8 Å². The fourth-order valence-electron chi connectivity index (χ4n) is 1.51. The van der Waals surface area contributed by atoms with E-state index in [9.17, 15) is 9.59 Å². The van der Waals surface area contributed by atoms with Crippen LogP contribution in [0.5, 0.6) is 0 Å². The van der Waals surface area contributed by atoms with E-state index in [2.05, 4.69) is 5.32 Å². The first-order valence-corrected chi connectivity index (χ1v) is 5.92. The topological polar surface area (TPSA) is 58.6 Å². The number of ether oxygens (including phenoxy) is 1. The Bertz CT molecular complexity index is 378. The molecule has 6 heteroatoms. The normalized spacial score (nSPS) is 22.6. The van der Waals surface area contributed by atoms with E-state index >= 15 is 0 Å². The number of hydrogen-bond donors (Lipinski definition) is 1. The molecule has 0 fully saturated rings. The summed E-state index contributed by atoms with van der Waals surface area (Å²) in [4.78, 5) is 24.3. The molecule has 5 nitrogen and oxygen atoms in total. The fourth-order valence-corrected chi connectivity index (χ4v) is 2.52. The van der Waals surface area contributed by atoms with E-state index < -0.39 is 0 Å². The molecule has 0 aliphatic carbocycles. The SMILES string of the molecule is CCOC(=O)CC1=CSC2NC(=O)C=CN12. The number of nitrogens with one attached hydrogen (secondary N) is 1. The van der Waals surface area contributed by atoms with Gasteiger partial charge in [-0.15, -0.1) is 0 Å². The summed E-state index contributed by atoms with van der Waals surface area (Å²) in [6.07, 6.45) is 3.37. The Labute approximate surface area is 97.5 Å². The van der Waals surface area contributed by atoms with Crippen LogP contribution >= 0.6 is 11.8 Å². The lowest BCUT2D eigenvalue weighted by Gasteiger charge is -2.28. The van der Waals surface area contributed by atoms with Gasteiger partial charge >= 0.3 is 5.97 Å². The van der Waals surface area contributed by atoms with Crippen molar-refractivity contribution in [3.8, 4) is 0 Å². The summed E-state index contributed by atoms with van der Waals surface area (Å²) in [6, 6.07) is 0. The number of rotatable bonds is 3. The molecule has 1 amide bonds. The van der Waals surface area contributed by atoms with Gasteiger partial charge in [0.15, 0.2) is 5.50 Å². The highest BCUT2D eigenvalue weighted by molar-refractivity contribution is 8.02. The molecule has 0 radical (unpaired) electrons. The zero-order chi connectivity index (χ0) is 11.5. The zero-order valence-electron chi connectivity index (χ0n) is 8.80. The molecule has 2 aliphatic rings. The van der Waals surface area contributed by atoms with Gasteiger partial charge in [-0.3, -0.25) is 9.59 Å². The number of nitrogens with zero attached hydrogens (tertiary/aromatic N) is 1. The van der Waals surface area contributed by atoms with Gasteiger partial charge in [-0.2, -0.15) is 0 Å². The van der Waals surface area contributed by atoms with Crippen LogP contribution in [-0.4, -0.2) is 28.9 Å². The second-order valence-corrected chi connectivity index (χ2v) is 4.27. The van der Waals surface area contributed by atoms with Gasteiger partial charge in [0.2, 0.25) is 5.91 Å². The molecule has 0 bridgehead atoms. The van der Waals surface area contributed by atoms with Gasteiger partial charge in [-0.25, -0.2) is 0 Å². The first-order chi connectivity index (χ1) is 7.70. The predicted molar refractivity (Wildman–Crippen MR) is 59.8 cm³/mol. The van der Waals surface area contributed by atoms with Crippen LogP contribution in [0.25, 0.3) is 0 Å². The Kier molecular flexibility index (Phi) is 3.19. The molecule has 0 spiro atoms. The van der Waals surface area contributed by atoms with Crippen LogP contribution in [0.3, 0.4) is 0 Å². The van der Waals surface area contributed by atoms with Crippen LogP contribution in [0.2, 0.25) is 0 Å². The number of esters is 1. The molecule has 2 heterocycles. The highest BCUT2D eigenvalue weighted by atomic mass is 32.2. The van der Waals surface area contributed by atoms with Crippen molar-refractivity contribution in [2.24, 2.45) is 0 Å². The predicted octanol–water partition coefficient (Wildman–Crippen LogP) is 0.757. The summed E-state index contributed by atoms with van der Waals surface area (Å²) in [6.45, 7) is 2.16. The number of amides is 1. The Morgan fingerprint density at radius 3 is 3.25 bits per heavy atom. The maximum Gasteiger partial charge on any atom is 0.311 e. The summed E-state index contributed by atoms with van der Waals surface area (Å²) < 4.78 is 4.88. The molecular formula is C10H12N2O3S. The van der Waals surface area contributed by atoms with Crippen molar-refractivity contribution >= 4 is 23.6 Å². The Hall–Kier alpha value is -1.43. The third-order valence-electron chi connectivity index (χ3n) is 2.20. The molecule has 0 aromatic carbocycles. The summed E-state index contributed by atoms with van der Waals surface area (Å²) in [5, 5.41) is 4.65. The van der Waals surface area contributed by atoms with E-state index in [1.54, 1.807) is 13.1 Å². The molecule has 1 unspecified atom stereocenters. The van der Waals surface area contributed by atoms with Crippen molar-refractivity contribution < 1.29 is 14.3 Å². The average Bonchev–Trinajstić information content (AvgIpc) is 2.61. The Morgan fingerprint density at radius 1 is 1.69 bits per heavy atom. The molecule has 2 aliphatic heterocycles. The average molecular weight is 240 g/mol. The summed E-state index contributed by atoms with van der Waals surface area (Å²) in [5.41, 5.74) is 0.728. The minimum absolute atomic E-state index is 0.112. The van der Waals surface area contributed by atoms with Crippen LogP contribution in [0, 0.1) is 0 Å². The molecule has 1 atom stereocenters. The molecule has 2 rings (SSSR count). The van der Waals surface area contributed by atoms with Crippen molar-refractivity contribution in [1.82, 2.24) is 10.2 Å². The molecular weight excluding hydrogens is 228 g/mol. The molecule has 0 saturated heterocycles. The second kappa shape index (κ2) is 4.61. The quantitative estimate of drug-likeness (QED) is 0.738. The van der Waals surface area contributed by atoms with Gasteiger partial charge in [0.25, 0.3) is 0 Å². The third kappa shape index (κ3) is 2.21. The summed E-state index contributed by atoms with van der Waals surface area (Å²) in [7, 11) is 0. The highest BCUT2D eigenvalue weighted by Crippen LogP contribution is 2.32. The molecule has 0 aromatic heterocycles. The highest BCUT2D eigenvalue weighted by Gasteiger charge is 2.30. The Balaban J connectivity index is 1.99. The van der Waals surface area contributed by atoms with Crippen molar-refractivity contribution in [3.05, 3.63) is 23.4 Å². The van der Waals surface area contributed by atoms with E-state index in [1.807, 2.05) is 10.3 Å². The summed E-state index contributed by atoms with van der Waals surface area (Å²) in [5.74, 6) is -0.361. The molecule has 86 valence electrons. The number of fused-ring (bicyclic) bond motifs is 1. The summed E-state index contributed by atoms with van der Waals surface area (Å²) >= 11 is 1.47. The molecule has 0 saturated carbocycles. The van der Waals surface area contributed by atoms with E-state index in [0.29, 0.717) is 6.61 Å². The molecule has 16 heavy (non-hydrogen) atoms. The lowest BCUT2D eigenvalue weighted by molar-refractivity contribution is -0.142. The zero-order valence-corrected chi connectivity index (χ0v) is 9.62. The standard InChI is InChI=1S/C10H12N2O3S/c1-2-15-9(14)5-7-6-16-10-11-8(13)3-4-12(7)10/h3-4,6,10H,2,5H2,1H3,(H,11,13). The van der Waals surface area contributed by atoms with E-state index in [0.717, 1.165) is 5.70 Å². The van der Waals surface area contributed by atoms with Gasteiger partial charge in [0, 0.05) is 18.0 Å². The number of thioether (sulfide) groups is 1. The van der Waals surface area contributed by atoms with Crippen LogP contribution < -0.4 is 5.32 Å². The van der Waals surface area contributed by atoms with Crippen LogP contribution in [0.15, 0.2) is 23.4 Å². The van der Waals surface area contributed by atoms with Gasteiger partial charge in [0.05, 0.1) is 13.0 Å². The third-order valence-corrected chi connectivity index (χ3v) is 3.21. The fraction of sp³-hybridized carbons (Fsp3) is 0.400. The van der Waals surface area contributed by atoms with Gasteiger partial charge in [0.1, 0.15) is 0 Å². The van der Waals surface area contributed by atoms with Gasteiger partial charge < -0.3 is 15.0 Å². The maximum atomic E-state index is 11.3. The monoisotopic (exact) mass is 240 g/mol. The largest absolute Gasteiger partial charge is 0.466 e. The number of hydrogen-bond acceptors (Lipinski definition) is 5. The minimum Gasteiger partial charge on any atom is -0.466 e. The lowest BCUT2D eigenvalue weighted by atomic mass is 10.3. The van der Waals surface area contributed by atoms with E-state index in [1.165, 1.54) is 17.8 Å². The Morgan fingerprint density at radius 2 is 2.50 bits per heavy atom. The van der Waals surface area contributed by atoms with Crippen molar-refractivity contribution in [3.63, 3.8) is 0 Å². The van der Waals surface area contributed by atoms with E-state index in [4.69, 9.17) is 4.74 Å². The first kappa shape index (κ1) is 11.1. The maximum absolute atomic E-state index is 11.3. The first-order valence-electron chi connectivity index (χ1n) is 4.98. The van der Waals surface area contributed by atoms with Crippen molar-refractivity contribution in [1.29, 1.82) is 0 Å². The minimum atomic E-state index is -0.250. The van der Waals surface area contributed by atoms with Crippen molar-refractivity contribution in [2.75, 3.05) is 6.61 Å². The lowest BCUT2D eigenvalue weighted by Crippen LogP contribution is -2.43. The molecule has 0 aromatic rings. The van der Waals surface area contributed by atoms with Crippen molar-refractivity contribution in [2.45, 2.75) is 18.8 Å². The van der Waals surface area contributed by atoms with Crippen LogP contribution in [0.4, 0.5) is 0 Å². The number of carbonyl (C=O) groups excluding carboxylic acids is 2. The second-order valence-electron chi connectivity index (χ2n) is 3.31. The van der Waals surface area contributed by atoms with Gasteiger partial charge in [-0.1, -0.05) is 11.8 Å². The van der Waals surface area contributed by atoms with Crippen LogP contribution in [0.1, 0.15) is 13.3 Å². The van der Waals surface area contributed by atoms with Gasteiger partial charge in [-0.05, 0) is 12.3 Å². The smallest absolute Gasteiger partial charge is 0.311 e. The molecule has 1 N–H and O–H groups in total. The van der Waals surface area contributed by atoms with Crippen LogP contribution in [-0.2, 0) is 14.3 Å².